The van der Waals surface area contributed by atoms with Crippen LogP contribution in [0.4, 0.5) is 8.78 Å². The number of pyridine rings is 1. The van der Waals surface area contributed by atoms with Crippen molar-refractivity contribution in [2.45, 2.75) is 31.2 Å². The van der Waals surface area contributed by atoms with Crippen molar-refractivity contribution in [1.82, 2.24) is 19.5 Å². The van der Waals surface area contributed by atoms with Crippen LogP contribution in [0.2, 0.25) is 0 Å². The molecule has 1 N–H and O–H groups in total. The molecule has 22 heavy (non-hydrogen) atoms. The van der Waals surface area contributed by atoms with E-state index in [9.17, 15) is 17.2 Å². The summed E-state index contributed by atoms with van der Waals surface area (Å²) < 4.78 is 52.4. The van der Waals surface area contributed by atoms with Crippen LogP contribution in [0.1, 0.15) is 28.9 Å². The number of alkyl halides is 2. The minimum Gasteiger partial charge on any atom is -0.282 e. The Hall–Kier alpha value is -1.87. The summed E-state index contributed by atoms with van der Waals surface area (Å²) in [5.41, 5.74) is 1.04. The predicted octanol–water partition coefficient (Wildman–Crippen LogP) is 1.80. The van der Waals surface area contributed by atoms with Crippen LogP contribution in [-0.2, 0) is 23.0 Å². The number of nitrogens with one attached hydrogen (secondary N) is 1. The van der Waals surface area contributed by atoms with Gasteiger partial charge in [-0.25, -0.2) is 17.2 Å². The van der Waals surface area contributed by atoms with E-state index in [2.05, 4.69) is 15.2 Å². The Morgan fingerprint density at radius 1 is 1.41 bits per heavy atom. The lowest BCUT2D eigenvalue weighted by molar-refractivity contribution is 0.144. The van der Waals surface area contributed by atoms with Crippen molar-refractivity contribution in [3.8, 4) is 0 Å². The van der Waals surface area contributed by atoms with E-state index < -0.39 is 16.4 Å². The molecule has 1 aliphatic heterocycles. The van der Waals surface area contributed by atoms with Crippen molar-refractivity contribution in [3.05, 3.63) is 41.0 Å². The number of fused-ring (bicyclic) bond motifs is 1. The maximum atomic E-state index is 12.9. The molecule has 0 saturated heterocycles. The Kier molecular flexibility index (Phi) is 3.69. The van der Waals surface area contributed by atoms with Gasteiger partial charge in [0.05, 0.1) is 0 Å². The molecule has 6 nitrogen and oxygen atoms in total. The third-order valence-electron chi connectivity index (χ3n) is 3.75. The van der Waals surface area contributed by atoms with E-state index in [-0.39, 0.29) is 29.2 Å². The number of rotatable bonds is 3. The summed E-state index contributed by atoms with van der Waals surface area (Å²) in [6.07, 6.45) is 0.382. The molecular formula is C13H14F2N4O2S. The summed E-state index contributed by atoms with van der Waals surface area (Å²) in [6, 6.07) is 1.60. The van der Waals surface area contributed by atoms with E-state index >= 15 is 0 Å². The molecule has 0 aliphatic carbocycles. The number of nitrogens with zero attached hydrogens (tertiary/aromatic N) is 3. The second kappa shape index (κ2) is 5.40. The first-order valence-corrected chi connectivity index (χ1v) is 8.10. The standard InChI is InChI=1S/C13H14F2N4O2S/c1-8-2-4-16-6-11(8)22(20,21)19-5-3-10-9(7-19)12(13(14)15)18-17-10/h2,4,6,13H,3,5,7H2,1H3,(H,17,18). The van der Waals surface area contributed by atoms with Crippen molar-refractivity contribution in [2.24, 2.45) is 0 Å². The molecule has 0 spiro atoms. The highest BCUT2D eigenvalue weighted by molar-refractivity contribution is 7.89. The Bertz CT molecular complexity index is 804. The Morgan fingerprint density at radius 3 is 2.86 bits per heavy atom. The maximum Gasteiger partial charge on any atom is 0.282 e. The van der Waals surface area contributed by atoms with Gasteiger partial charge in [-0.1, -0.05) is 0 Å². The number of hydrogen-bond donors (Lipinski definition) is 1. The fourth-order valence-electron chi connectivity index (χ4n) is 2.54. The van der Waals surface area contributed by atoms with E-state index in [1.165, 1.54) is 16.7 Å². The van der Waals surface area contributed by atoms with Gasteiger partial charge >= 0.3 is 0 Å². The van der Waals surface area contributed by atoms with E-state index in [1.807, 2.05) is 0 Å². The van der Waals surface area contributed by atoms with Gasteiger partial charge in [-0.3, -0.25) is 10.1 Å². The highest BCUT2D eigenvalue weighted by Gasteiger charge is 2.33. The zero-order valence-corrected chi connectivity index (χ0v) is 12.6. The fraction of sp³-hybridized carbons (Fsp3) is 0.385. The molecule has 2 aromatic heterocycles. The van der Waals surface area contributed by atoms with Gasteiger partial charge in [0.2, 0.25) is 10.0 Å². The molecule has 1 aliphatic rings. The first-order chi connectivity index (χ1) is 10.4. The van der Waals surface area contributed by atoms with E-state index in [0.29, 0.717) is 17.7 Å². The van der Waals surface area contributed by atoms with Crippen molar-refractivity contribution in [1.29, 1.82) is 0 Å². The zero-order valence-electron chi connectivity index (χ0n) is 11.8. The van der Waals surface area contributed by atoms with Gasteiger partial charge in [-0.05, 0) is 18.6 Å². The van der Waals surface area contributed by atoms with Crippen LogP contribution < -0.4 is 0 Å². The predicted molar refractivity (Wildman–Crippen MR) is 73.8 cm³/mol. The van der Waals surface area contributed by atoms with Crippen LogP contribution in [0.5, 0.6) is 0 Å². The third-order valence-corrected chi connectivity index (χ3v) is 5.72. The number of aromatic nitrogens is 3. The molecule has 0 aromatic carbocycles. The summed E-state index contributed by atoms with van der Waals surface area (Å²) in [4.78, 5) is 3.94. The number of sulfonamides is 1. The average Bonchev–Trinajstić information content (AvgIpc) is 2.90. The highest BCUT2D eigenvalue weighted by atomic mass is 32.2. The Labute approximate surface area is 126 Å². The summed E-state index contributed by atoms with van der Waals surface area (Å²) in [7, 11) is -3.77. The first kappa shape index (κ1) is 15.0. The maximum absolute atomic E-state index is 12.9. The molecule has 9 heteroatoms. The number of hydrogen-bond acceptors (Lipinski definition) is 4. The smallest absolute Gasteiger partial charge is 0.282 e. The molecule has 0 unspecified atom stereocenters. The summed E-state index contributed by atoms with van der Waals surface area (Å²) >= 11 is 0. The van der Waals surface area contributed by atoms with Crippen LogP contribution in [0.15, 0.2) is 23.4 Å². The average molecular weight is 328 g/mol. The van der Waals surface area contributed by atoms with Crippen molar-refractivity contribution < 1.29 is 17.2 Å². The van der Waals surface area contributed by atoms with Crippen molar-refractivity contribution in [3.63, 3.8) is 0 Å². The van der Waals surface area contributed by atoms with E-state index in [1.54, 1.807) is 13.0 Å². The van der Waals surface area contributed by atoms with Crippen molar-refractivity contribution in [2.75, 3.05) is 6.54 Å². The molecule has 0 amide bonds. The second-order valence-electron chi connectivity index (χ2n) is 5.10. The highest BCUT2D eigenvalue weighted by Crippen LogP contribution is 2.30. The first-order valence-electron chi connectivity index (χ1n) is 6.66. The molecule has 3 rings (SSSR count). The van der Waals surface area contributed by atoms with Gasteiger partial charge in [0, 0.05) is 43.2 Å². The summed E-state index contributed by atoms with van der Waals surface area (Å²) in [5, 5.41) is 6.16. The minimum absolute atomic E-state index is 0.0977. The van der Waals surface area contributed by atoms with Gasteiger partial charge in [0.1, 0.15) is 10.6 Å². The van der Waals surface area contributed by atoms with Crippen molar-refractivity contribution >= 4 is 10.0 Å². The number of halogens is 2. The minimum atomic E-state index is -3.77. The zero-order chi connectivity index (χ0) is 15.9. The van der Waals surface area contributed by atoms with Crippen LogP contribution in [0.25, 0.3) is 0 Å². The quantitative estimate of drug-likeness (QED) is 0.932. The molecule has 0 bridgehead atoms. The Balaban J connectivity index is 1.97. The molecule has 118 valence electrons. The van der Waals surface area contributed by atoms with E-state index in [0.717, 1.165) is 0 Å². The number of aromatic amines is 1. The van der Waals surface area contributed by atoms with Gasteiger partial charge in [0.15, 0.2) is 0 Å². The molecule has 3 heterocycles. The lowest BCUT2D eigenvalue weighted by Crippen LogP contribution is -2.36. The molecule has 0 radical (unpaired) electrons. The molecule has 0 saturated carbocycles. The van der Waals surface area contributed by atoms with Crippen LogP contribution >= 0.6 is 0 Å². The Morgan fingerprint density at radius 2 is 2.18 bits per heavy atom. The lowest BCUT2D eigenvalue weighted by atomic mass is 10.1. The van der Waals surface area contributed by atoms with Gasteiger partial charge < -0.3 is 0 Å². The van der Waals surface area contributed by atoms with Crippen LogP contribution in [0.3, 0.4) is 0 Å². The summed E-state index contributed by atoms with van der Waals surface area (Å²) in [6.45, 7) is 1.78. The molecular weight excluding hydrogens is 314 g/mol. The topological polar surface area (TPSA) is 79.0 Å². The SMILES string of the molecule is Cc1ccncc1S(=O)(=O)N1CCc2[nH]nc(C(F)F)c2C1. The number of aryl methyl sites for hydroxylation is 1. The molecule has 0 atom stereocenters. The monoisotopic (exact) mass is 328 g/mol. The third kappa shape index (κ3) is 2.40. The van der Waals surface area contributed by atoms with Gasteiger partial charge in [-0.2, -0.15) is 9.40 Å². The van der Waals surface area contributed by atoms with Crippen LogP contribution in [-0.4, -0.2) is 34.4 Å². The summed E-state index contributed by atoms with van der Waals surface area (Å²) in [5.74, 6) is 0. The van der Waals surface area contributed by atoms with E-state index in [4.69, 9.17) is 0 Å². The fourth-order valence-corrected chi connectivity index (χ4v) is 4.11. The lowest BCUT2D eigenvalue weighted by Gasteiger charge is -2.26. The van der Waals surface area contributed by atoms with Gasteiger partial charge in [-0.15, -0.1) is 0 Å². The van der Waals surface area contributed by atoms with Gasteiger partial charge in [0.25, 0.3) is 6.43 Å². The molecule has 2 aromatic rings. The number of H-pyrrole nitrogens is 1. The largest absolute Gasteiger partial charge is 0.282 e. The second-order valence-corrected chi connectivity index (χ2v) is 7.00. The normalized spacial score (nSPS) is 16.0. The van der Waals surface area contributed by atoms with Crippen LogP contribution in [0, 0.1) is 6.92 Å². The molecule has 0 fully saturated rings.